The van der Waals surface area contributed by atoms with Crippen LogP contribution in [0.4, 0.5) is 0 Å². The fourth-order valence-corrected chi connectivity index (χ4v) is 1.97. The predicted molar refractivity (Wildman–Crippen MR) is 70.5 cm³/mol. The number of rotatable bonds is 7. The molecule has 0 heterocycles. The van der Waals surface area contributed by atoms with E-state index in [0.717, 1.165) is 36.6 Å². The lowest BCUT2D eigenvalue weighted by Gasteiger charge is -2.06. The molecule has 0 aliphatic heterocycles. The monoisotopic (exact) mass is 260 g/mol. The molecule has 0 unspecified atom stereocenters. The van der Waals surface area contributed by atoms with Crippen molar-refractivity contribution in [3.05, 3.63) is 33.8 Å². The van der Waals surface area contributed by atoms with Gasteiger partial charge >= 0.3 is 0 Å². The van der Waals surface area contributed by atoms with E-state index >= 15 is 0 Å². The summed E-state index contributed by atoms with van der Waals surface area (Å²) in [6, 6.07) is 5.59. The van der Waals surface area contributed by atoms with Crippen molar-refractivity contribution in [3.63, 3.8) is 0 Å². The third-order valence-electron chi connectivity index (χ3n) is 2.42. The molecule has 90 valence electrons. The van der Waals surface area contributed by atoms with Gasteiger partial charge in [0.1, 0.15) is 0 Å². The molecule has 0 bridgehead atoms. The molecule has 3 heteroatoms. The van der Waals surface area contributed by atoms with Gasteiger partial charge in [0.25, 0.3) is 0 Å². The molecule has 1 nitrogen and oxygen atoms in total. The van der Waals surface area contributed by atoms with Gasteiger partial charge in [-0.25, -0.2) is 0 Å². The Morgan fingerprint density at radius 1 is 1.12 bits per heavy atom. The molecule has 0 aliphatic carbocycles. The molecule has 0 radical (unpaired) electrons. The van der Waals surface area contributed by atoms with Gasteiger partial charge in [-0.05, 0) is 30.5 Å². The van der Waals surface area contributed by atoms with Crippen LogP contribution in [-0.2, 0) is 11.2 Å². The van der Waals surface area contributed by atoms with Crippen LogP contribution < -0.4 is 0 Å². The van der Waals surface area contributed by atoms with Gasteiger partial charge in [0.05, 0.1) is 6.61 Å². The Morgan fingerprint density at radius 2 is 1.94 bits per heavy atom. The lowest BCUT2D eigenvalue weighted by atomic mass is 10.2. The summed E-state index contributed by atoms with van der Waals surface area (Å²) < 4.78 is 5.53. The maximum Gasteiger partial charge on any atom is 0.0506 e. The van der Waals surface area contributed by atoms with Crippen LogP contribution in [-0.4, -0.2) is 13.2 Å². The second kappa shape index (κ2) is 7.94. The van der Waals surface area contributed by atoms with Gasteiger partial charge in [-0.3, -0.25) is 0 Å². The van der Waals surface area contributed by atoms with Crippen molar-refractivity contribution in [1.82, 2.24) is 0 Å². The van der Waals surface area contributed by atoms with Crippen LogP contribution in [0.25, 0.3) is 0 Å². The van der Waals surface area contributed by atoms with Crippen molar-refractivity contribution in [2.24, 2.45) is 0 Å². The molecule has 0 N–H and O–H groups in total. The number of unbranched alkanes of at least 4 members (excludes halogenated alkanes) is 2. The van der Waals surface area contributed by atoms with Crippen LogP contribution in [0.3, 0.4) is 0 Å². The Balaban J connectivity index is 2.21. The Labute approximate surface area is 108 Å². The average molecular weight is 261 g/mol. The molecule has 1 aromatic carbocycles. The maximum atomic E-state index is 6.05. The SMILES string of the molecule is CCCCCOCCc1ccc(Cl)cc1Cl. The van der Waals surface area contributed by atoms with Gasteiger partial charge in [-0.15, -0.1) is 0 Å². The third-order valence-corrected chi connectivity index (χ3v) is 3.01. The van der Waals surface area contributed by atoms with E-state index in [-0.39, 0.29) is 0 Å². The lowest BCUT2D eigenvalue weighted by molar-refractivity contribution is 0.133. The van der Waals surface area contributed by atoms with Crippen molar-refractivity contribution in [2.45, 2.75) is 32.6 Å². The highest BCUT2D eigenvalue weighted by Crippen LogP contribution is 2.21. The Bertz CT molecular complexity index is 313. The van der Waals surface area contributed by atoms with Crippen LogP contribution in [0, 0.1) is 0 Å². The molecule has 1 rings (SSSR count). The molecule has 0 spiro atoms. The molecule has 0 atom stereocenters. The fraction of sp³-hybridized carbons (Fsp3) is 0.538. The number of benzene rings is 1. The predicted octanol–water partition coefficient (Wildman–Crippen LogP) is 4.74. The van der Waals surface area contributed by atoms with Crippen LogP contribution in [0.2, 0.25) is 10.0 Å². The zero-order valence-corrected chi connectivity index (χ0v) is 11.2. The zero-order chi connectivity index (χ0) is 11.8. The second-order valence-corrected chi connectivity index (χ2v) is 4.65. The summed E-state index contributed by atoms with van der Waals surface area (Å²) in [5, 5.41) is 1.40. The standard InChI is InChI=1S/C13H18Cl2O/c1-2-3-4-8-16-9-7-11-5-6-12(14)10-13(11)15/h5-6,10H,2-4,7-9H2,1H3. The molecule has 0 aliphatic rings. The van der Waals surface area contributed by atoms with Crippen molar-refractivity contribution in [3.8, 4) is 0 Å². The molecular weight excluding hydrogens is 243 g/mol. The summed E-state index contributed by atoms with van der Waals surface area (Å²) in [5.41, 5.74) is 1.10. The van der Waals surface area contributed by atoms with E-state index in [0.29, 0.717) is 5.02 Å². The van der Waals surface area contributed by atoms with Crippen molar-refractivity contribution in [2.75, 3.05) is 13.2 Å². The summed E-state index contributed by atoms with van der Waals surface area (Å²) in [5.74, 6) is 0. The molecule has 0 saturated heterocycles. The summed E-state index contributed by atoms with van der Waals surface area (Å²) >= 11 is 11.9. The zero-order valence-electron chi connectivity index (χ0n) is 9.64. The number of hydrogen-bond donors (Lipinski definition) is 0. The quantitative estimate of drug-likeness (QED) is 0.644. The summed E-state index contributed by atoms with van der Waals surface area (Å²) in [6.45, 7) is 3.76. The van der Waals surface area contributed by atoms with Crippen LogP contribution >= 0.6 is 23.2 Å². The highest BCUT2D eigenvalue weighted by atomic mass is 35.5. The molecule has 0 aromatic heterocycles. The minimum absolute atomic E-state index is 0.678. The summed E-state index contributed by atoms with van der Waals surface area (Å²) in [4.78, 5) is 0. The Kier molecular flexibility index (Phi) is 6.86. The van der Waals surface area contributed by atoms with Crippen molar-refractivity contribution >= 4 is 23.2 Å². The van der Waals surface area contributed by atoms with Gasteiger partial charge in [-0.1, -0.05) is 49.0 Å². The minimum atomic E-state index is 0.678. The van der Waals surface area contributed by atoms with E-state index in [1.54, 1.807) is 6.07 Å². The van der Waals surface area contributed by atoms with E-state index in [1.807, 2.05) is 12.1 Å². The highest BCUT2D eigenvalue weighted by Gasteiger charge is 2.00. The molecular formula is C13H18Cl2O. The van der Waals surface area contributed by atoms with Gasteiger partial charge in [0.15, 0.2) is 0 Å². The van der Waals surface area contributed by atoms with Gasteiger partial charge < -0.3 is 4.74 Å². The number of ether oxygens (including phenoxy) is 1. The minimum Gasteiger partial charge on any atom is -0.381 e. The summed E-state index contributed by atoms with van der Waals surface area (Å²) in [6.07, 6.45) is 4.46. The first-order chi connectivity index (χ1) is 7.74. The summed E-state index contributed by atoms with van der Waals surface area (Å²) in [7, 11) is 0. The number of halogens is 2. The lowest BCUT2D eigenvalue weighted by Crippen LogP contribution is -2.00. The van der Waals surface area contributed by atoms with E-state index < -0.39 is 0 Å². The smallest absolute Gasteiger partial charge is 0.0506 e. The first-order valence-corrected chi connectivity index (χ1v) is 6.51. The van der Waals surface area contributed by atoms with Crippen molar-refractivity contribution in [1.29, 1.82) is 0 Å². The molecule has 0 amide bonds. The molecule has 1 aromatic rings. The van der Waals surface area contributed by atoms with Gasteiger partial charge in [0, 0.05) is 16.7 Å². The van der Waals surface area contributed by atoms with Gasteiger partial charge in [0.2, 0.25) is 0 Å². The van der Waals surface area contributed by atoms with Gasteiger partial charge in [-0.2, -0.15) is 0 Å². The Morgan fingerprint density at radius 3 is 2.62 bits per heavy atom. The van der Waals surface area contributed by atoms with Crippen LogP contribution in [0.5, 0.6) is 0 Å². The van der Waals surface area contributed by atoms with E-state index in [9.17, 15) is 0 Å². The first kappa shape index (κ1) is 13.8. The third kappa shape index (κ3) is 5.20. The van der Waals surface area contributed by atoms with E-state index in [1.165, 1.54) is 12.8 Å². The normalized spacial score (nSPS) is 10.7. The van der Waals surface area contributed by atoms with Crippen LogP contribution in [0.15, 0.2) is 18.2 Å². The highest BCUT2D eigenvalue weighted by molar-refractivity contribution is 6.35. The molecule has 0 saturated carbocycles. The second-order valence-electron chi connectivity index (χ2n) is 3.81. The first-order valence-electron chi connectivity index (χ1n) is 5.75. The number of hydrogen-bond acceptors (Lipinski definition) is 1. The largest absolute Gasteiger partial charge is 0.381 e. The van der Waals surface area contributed by atoms with Crippen molar-refractivity contribution < 1.29 is 4.74 Å². The van der Waals surface area contributed by atoms with E-state index in [2.05, 4.69) is 6.92 Å². The molecule has 0 fully saturated rings. The Hall–Kier alpha value is -0.240. The topological polar surface area (TPSA) is 9.23 Å². The molecule has 16 heavy (non-hydrogen) atoms. The average Bonchev–Trinajstić information content (AvgIpc) is 2.26. The fourth-order valence-electron chi connectivity index (χ4n) is 1.46. The van der Waals surface area contributed by atoms with E-state index in [4.69, 9.17) is 27.9 Å². The van der Waals surface area contributed by atoms with Crippen LogP contribution in [0.1, 0.15) is 31.7 Å². The maximum absolute atomic E-state index is 6.05.